The molecule has 40 N–H and O–H groups in total. The number of aliphatic hydroxyl groups excluding tert-OH is 40. The van der Waals surface area contributed by atoms with Gasteiger partial charge in [-0.15, -0.1) is 0 Å². The summed E-state index contributed by atoms with van der Waals surface area (Å²) in [5.74, 6) is -20.1. The maximum atomic E-state index is 9.95. The fraction of sp³-hybridized carbons (Fsp3) is 0.667. The molecule has 0 aliphatic rings. The largest absolute Gasteiger partial charge is 2.00 e. The van der Waals surface area contributed by atoms with Crippen LogP contribution in [0.25, 0.3) is 0 Å². The maximum absolute atomic E-state index is 9.95. The van der Waals surface area contributed by atoms with Gasteiger partial charge in [0.1, 0.15) is 244 Å². The van der Waals surface area contributed by atoms with Crippen molar-refractivity contribution in [2.75, 3.05) is 0 Å². The zero-order valence-electron chi connectivity index (χ0n) is 65.4. The molecule has 0 aliphatic heterocycles. The van der Waals surface area contributed by atoms with Crippen molar-refractivity contribution in [1.82, 2.24) is 0 Å². The van der Waals surface area contributed by atoms with Gasteiger partial charge in [0.25, 0.3) is 0 Å². The van der Waals surface area contributed by atoms with E-state index in [9.17, 15) is 147 Å². The number of aliphatic hydroxyl groups is 40. The summed E-state index contributed by atoms with van der Waals surface area (Å²) in [6, 6.07) is 0. The first kappa shape index (κ1) is 150. The Morgan fingerprint density at radius 1 is 0.129 bits per heavy atom. The molecule has 0 fully saturated rings. The number of carboxylic acids is 10. The van der Waals surface area contributed by atoms with E-state index in [1.165, 1.54) is 0 Å². The van der Waals surface area contributed by atoms with E-state index in [2.05, 4.69) is 0 Å². The average Bonchev–Trinajstić information content (AvgIpc) is 0.955. The Kier molecular flexibility index (Phi) is 89.7. The van der Waals surface area contributed by atoms with Gasteiger partial charge in [0.05, 0.1) is 59.7 Å². The van der Waals surface area contributed by atoms with Gasteiger partial charge in [-0.05, 0) is 0 Å². The first-order valence-corrected chi connectivity index (χ1v) is 33.0. The van der Waals surface area contributed by atoms with Crippen molar-refractivity contribution < 1.29 is 420 Å². The molecule has 0 aromatic carbocycles. The van der Waals surface area contributed by atoms with Crippen molar-refractivity contribution in [3.05, 3.63) is 0 Å². The standard InChI is InChI=1S/10C6H10O7.K.Mn/c10*7-1-2(8)3(9)4(10)5(11)6(12)13;;/h10*1-5,8-11H,(H,12,13);;/q;;;;;;;;;;+1;+2/p-10/t10*2-,3+,4+,5-;;/m0000000000../s1. The Morgan fingerprint density at radius 2 is 0.174 bits per heavy atom. The topological polar surface area (TPSA) is 1380 Å². The molecule has 1 radical (unpaired) electrons. The number of rotatable bonds is 50. The molecule has 0 heterocycles. The predicted octanol–water partition coefficient (Wildman–Crippen LogP) is -49.2. The van der Waals surface area contributed by atoms with Gasteiger partial charge in [0.2, 0.25) is 0 Å². The summed E-state index contributed by atoms with van der Waals surface area (Å²) in [6.07, 6.45) is -86.5. The quantitative estimate of drug-likeness (QED) is 0.0199. The van der Waals surface area contributed by atoms with Crippen LogP contribution in [0.1, 0.15) is 0 Å². The summed E-state index contributed by atoms with van der Waals surface area (Å²) < 4.78 is 0. The third kappa shape index (κ3) is 60.3. The first-order chi connectivity index (χ1) is 59.1. The smallest absolute Gasteiger partial charge is 0.547 e. The van der Waals surface area contributed by atoms with Crippen molar-refractivity contribution in [1.29, 1.82) is 0 Å². The molecular formula is C60H90KMnO70-7. The molecule has 72 heteroatoms. The SMILES string of the molecule is O=C[C@H](O)[C@@H](O)[C@@H](O)[C@H](O)C(=O)[O-].O=C[C@H](O)[C@@H](O)[C@@H](O)[C@H](O)C(=O)[O-].O=C[C@H](O)[C@@H](O)[C@@H](O)[C@H](O)C(=O)[O-].O=C[C@H](O)[C@@H](O)[C@@H](O)[C@H](O)C(=O)[O-].O=C[C@H](O)[C@@H](O)[C@@H](O)[C@H](O)C(=O)[O-].O=C[C@H](O)[C@@H](O)[C@@H](O)[C@H](O)C(=O)[O-].O=C[C@H](O)[C@@H](O)[C@@H](O)[C@H](O)C(=O)[O-].O=C[C@H](O)[C@@H](O)[C@@H](O)[C@H](O)C(=O)[O-].O=C[C@H](O)[C@@H](O)[C@@H](O)[C@H](O)C(=O)[O-].O=C[C@H](O)[C@@H](O)[C@@H](O)[C@H](O)C(=O)[O-].[K+].[Mn+2]. The van der Waals surface area contributed by atoms with Crippen molar-refractivity contribution in [2.45, 2.75) is 244 Å². The van der Waals surface area contributed by atoms with E-state index in [0.29, 0.717) is 0 Å². The summed E-state index contributed by atoms with van der Waals surface area (Å²) in [7, 11) is 0. The van der Waals surface area contributed by atoms with Crippen LogP contribution in [0.3, 0.4) is 0 Å². The summed E-state index contributed by atoms with van der Waals surface area (Å²) in [5.41, 5.74) is 0. The van der Waals surface area contributed by atoms with Crippen molar-refractivity contribution in [3.63, 3.8) is 0 Å². The number of carbonyl (C=O) groups excluding carboxylic acids is 20. The molecule has 0 saturated carbocycles. The molecule has 0 amide bonds. The molecule has 0 aliphatic carbocycles. The molecule has 0 saturated heterocycles. The fourth-order valence-corrected chi connectivity index (χ4v) is 6.09. The van der Waals surface area contributed by atoms with Crippen molar-refractivity contribution in [2.24, 2.45) is 0 Å². The second-order valence-corrected chi connectivity index (χ2v) is 23.7. The third-order valence-corrected chi connectivity index (χ3v) is 14.0. The third-order valence-electron chi connectivity index (χ3n) is 14.0. The maximum Gasteiger partial charge on any atom is 2.00 e. The first-order valence-electron chi connectivity index (χ1n) is 33.0. The van der Waals surface area contributed by atoms with Crippen LogP contribution in [0.2, 0.25) is 0 Å². The van der Waals surface area contributed by atoms with E-state index in [1.54, 1.807) is 0 Å². The Bertz CT molecular complexity index is 2630. The van der Waals surface area contributed by atoms with E-state index in [1.807, 2.05) is 0 Å². The monoisotopic (exact) mass is 2020 g/mol. The van der Waals surface area contributed by atoms with Gasteiger partial charge in [-0.3, -0.25) is 0 Å². The minimum Gasteiger partial charge on any atom is -0.547 e. The predicted molar refractivity (Wildman–Crippen MR) is 351 cm³/mol. The Labute approximate surface area is 782 Å². The van der Waals surface area contributed by atoms with Crippen LogP contribution in [-0.2, 0) is 113 Å². The number of aliphatic carboxylic acids is 10. The number of carboxylic acid groups (broad SMARTS) is 10. The van der Waals surface area contributed by atoms with E-state index in [0.717, 1.165) is 0 Å². The molecule has 0 rings (SSSR count). The molecule has 132 heavy (non-hydrogen) atoms. The minimum absolute atomic E-state index is 0. The van der Waals surface area contributed by atoms with Gasteiger partial charge in [0, 0.05) is 0 Å². The van der Waals surface area contributed by atoms with Crippen LogP contribution in [-0.4, -0.2) is 571 Å². The summed E-state index contributed by atoms with van der Waals surface area (Å²) in [4.78, 5) is 198. The molecule has 70 nitrogen and oxygen atoms in total. The van der Waals surface area contributed by atoms with Crippen LogP contribution in [0.4, 0.5) is 0 Å². The van der Waals surface area contributed by atoms with Gasteiger partial charge >= 0.3 is 68.5 Å². The van der Waals surface area contributed by atoms with E-state index < -0.39 is 304 Å². The van der Waals surface area contributed by atoms with Gasteiger partial charge in [-0.25, -0.2) is 0 Å². The number of hydrogen-bond donors (Lipinski definition) is 40. The van der Waals surface area contributed by atoms with E-state index in [-0.39, 0.29) is 131 Å². The molecule has 765 valence electrons. The van der Waals surface area contributed by atoms with E-state index in [4.69, 9.17) is 204 Å². The number of aldehydes is 10. The zero-order chi connectivity index (χ0) is 106. The van der Waals surface area contributed by atoms with Crippen LogP contribution >= 0.6 is 0 Å². The minimum atomic E-state index is -2.36. The average molecular weight is 2030 g/mol. The van der Waals surface area contributed by atoms with E-state index >= 15 is 0 Å². The van der Waals surface area contributed by atoms with Crippen molar-refractivity contribution in [3.8, 4) is 0 Å². The normalized spacial score (nSPS) is 19.7. The summed E-state index contributed by atoms with van der Waals surface area (Å²) in [5, 5.41) is 448. The number of hydrogen-bond acceptors (Lipinski definition) is 70. The molecule has 0 unspecified atom stereocenters. The van der Waals surface area contributed by atoms with Crippen LogP contribution in [0.5, 0.6) is 0 Å². The molecule has 0 bridgehead atoms. The van der Waals surface area contributed by atoms with Crippen LogP contribution in [0, 0.1) is 0 Å². The second kappa shape index (κ2) is 79.2. The Hall–Kier alpha value is -8.04. The zero-order valence-corrected chi connectivity index (χ0v) is 69.7. The van der Waals surface area contributed by atoms with Crippen LogP contribution < -0.4 is 102 Å². The fourth-order valence-electron chi connectivity index (χ4n) is 6.09. The molecule has 0 spiro atoms. The second-order valence-electron chi connectivity index (χ2n) is 23.7. The Morgan fingerprint density at radius 3 is 0.205 bits per heavy atom. The van der Waals surface area contributed by atoms with Crippen molar-refractivity contribution >= 4 is 123 Å². The molecule has 40 atom stereocenters. The molecule has 0 aromatic heterocycles. The van der Waals surface area contributed by atoms with Gasteiger partial charge in [-0.2, -0.15) is 0 Å². The Balaban J connectivity index is -0.000000121. The summed E-state index contributed by atoms with van der Waals surface area (Å²) in [6.45, 7) is 0. The summed E-state index contributed by atoms with van der Waals surface area (Å²) >= 11 is 0. The van der Waals surface area contributed by atoms with Gasteiger partial charge in [0.15, 0.2) is 62.9 Å². The molecular weight excluding hydrogens is 1930 g/mol. The van der Waals surface area contributed by atoms with Crippen LogP contribution in [0.15, 0.2) is 0 Å². The van der Waals surface area contributed by atoms with Gasteiger partial charge in [-0.1, -0.05) is 0 Å². The van der Waals surface area contributed by atoms with Gasteiger partial charge < -0.3 is 351 Å². The number of carbonyl (C=O) groups is 20. The molecule has 0 aromatic rings.